The fraction of sp³-hybridized carbons (Fsp3) is 0.308. The van der Waals surface area contributed by atoms with Crippen LogP contribution >= 0.6 is 7.52 Å². The van der Waals surface area contributed by atoms with Crippen molar-refractivity contribution in [2.45, 2.75) is 20.0 Å². The molecule has 6 heteroatoms. The average molecular weight is 281 g/mol. The molecular weight excluding hydrogens is 265 g/mol. The molecule has 1 aromatic rings. The van der Waals surface area contributed by atoms with Gasteiger partial charge in [-0.15, -0.1) is 6.42 Å². The minimum absolute atomic E-state index is 0.241. The lowest BCUT2D eigenvalue weighted by molar-refractivity contribution is -0.145. The summed E-state index contributed by atoms with van der Waals surface area (Å²) in [5.74, 6) is -0.171. The number of nitrogens with one attached hydrogen (secondary N) is 1. The zero-order chi connectivity index (χ0) is 14.3. The molecule has 1 aromatic carbocycles. The van der Waals surface area contributed by atoms with E-state index in [1.54, 1.807) is 44.2 Å². The first kappa shape index (κ1) is 15.3. The third-order valence-corrected chi connectivity index (χ3v) is 3.33. The Labute approximate surface area is 112 Å². The summed E-state index contributed by atoms with van der Waals surface area (Å²) in [4.78, 5) is 11.3. The largest absolute Gasteiger partial charge is 0.462 e. The van der Waals surface area contributed by atoms with E-state index in [2.05, 4.69) is 10.7 Å². The first-order valence-corrected chi connectivity index (χ1v) is 7.35. The van der Waals surface area contributed by atoms with Crippen LogP contribution < -0.4 is 9.61 Å². The minimum atomic E-state index is -3.54. The van der Waals surface area contributed by atoms with Gasteiger partial charge in [-0.1, -0.05) is 18.2 Å². The van der Waals surface area contributed by atoms with E-state index in [4.69, 9.17) is 15.7 Å². The van der Waals surface area contributed by atoms with Crippen LogP contribution in [-0.4, -0.2) is 18.6 Å². The zero-order valence-corrected chi connectivity index (χ0v) is 11.7. The third-order valence-electron chi connectivity index (χ3n) is 1.95. The Morgan fingerprint density at radius 2 is 2.05 bits per heavy atom. The summed E-state index contributed by atoms with van der Waals surface area (Å²) in [5.41, 5.74) is 2.05. The summed E-state index contributed by atoms with van der Waals surface area (Å²) in [7, 11) is -3.54. The quantitative estimate of drug-likeness (QED) is 0.493. The van der Waals surface area contributed by atoms with Crippen LogP contribution in [0.15, 0.2) is 30.3 Å². The second-order valence-electron chi connectivity index (χ2n) is 3.96. The van der Waals surface area contributed by atoms with Crippen molar-refractivity contribution in [1.29, 1.82) is 0 Å². The van der Waals surface area contributed by atoms with Crippen LogP contribution in [0.5, 0.6) is 5.75 Å². The molecule has 0 aromatic heterocycles. The lowest BCUT2D eigenvalue weighted by Gasteiger charge is -2.15. The maximum Gasteiger partial charge on any atom is 0.390 e. The summed E-state index contributed by atoms with van der Waals surface area (Å²) in [5, 5.41) is 2.42. The smallest absolute Gasteiger partial charge is 0.390 e. The summed E-state index contributed by atoms with van der Waals surface area (Å²) >= 11 is 0. The van der Waals surface area contributed by atoms with Crippen molar-refractivity contribution in [2.24, 2.45) is 0 Å². The second-order valence-corrected chi connectivity index (χ2v) is 5.82. The van der Waals surface area contributed by atoms with E-state index >= 15 is 0 Å². The highest BCUT2D eigenvalue weighted by molar-refractivity contribution is 7.62. The Balaban J connectivity index is 2.60. The number of esters is 1. The van der Waals surface area contributed by atoms with Crippen LogP contribution in [0.3, 0.4) is 0 Å². The first-order chi connectivity index (χ1) is 8.95. The van der Waals surface area contributed by atoms with Gasteiger partial charge in [0, 0.05) is 5.66 Å². The highest BCUT2D eigenvalue weighted by atomic mass is 31.2. The van der Waals surface area contributed by atoms with Crippen LogP contribution in [0.4, 0.5) is 0 Å². The number of terminal acetylenes is 1. The zero-order valence-electron chi connectivity index (χ0n) is 10.8. The minimum Gasteiger partial charge on any atom is -0.462 e. The number of rotatable bonds is 6. The Morgan fingerprint density at radius 3 is 2.58 bits per heavy atom. The Bertz CT molecular complexity index is 507. The molecule has 5 nitrogen and oxygen atoms in total. The Kier molecular flexibility index (Phi) is 5.62. The van der Waals surface area contributed by atoms with Crippen molar-refractivity contribution in [3.05, 3.63) is 30.3 Å². The van der Waals surface area contributed by atoms with Crippen LogP contribution in [0.2, 0.25) is 0 Å². The van der Waals surface area contributed by atoms with Gasteiger partial charge >= 0.3 is 13.5 Å². The summed E-state index contributed by atoms with van der Waals surface area (Å²) < 4.78 is 22.3. The average Bonchev–Trinajstić information content (AvgIpc) is 2.37. The second kappa shape index (κ2) is 6.98. The normalized spacial score (nSPS) is 13.4. The molecule has 0 radical (unpaired) electrons. The van der Waals surface area contributed by atoms with E-state index in [1.807, 2.05) is 0 Å². The molecule has 1 N–H and O–H groups in total. The summed E-state index contributed by atoms with van der Waals surface area (Å²) in [6, 6.07) is 8.49. The van der Waals surface area contributed by atoms with Gasteiger partial charge < -0.3 is 9.26 Å². The summed E-state index contributed by atoms with van der Waals surface area (Å²) in [6.07, 6.45) is 4.95. The molecule has 102 valence electrons. The number of carbonyl (C=O) groups excluding carboxylic acids is 1. The molecule has 1 atom stereocenters. The van der Waals surface area contributed by atoms with E-state index in [9.17, 15) is 9.36 Å². The van der Waals surface area contributed by atoms with Crippen molar-refractivity contribution < 1.29 is 18.6 Å². The topological polar surface area (TPSA) is 64.6 Å². The standard InChI is InChI=1S/C13H16NO4P/c1-4-19(16,14-10-13(15)17-11(2)3)18-12-8-6-5-7-9-12/h1,5-9,11H,10H2,2-3H3,(H,14,16)/t19-/m0/s1. The van der Waals surface area contributed by atoms with Crippen molar-refractivity contribution in [3.8, 4) is 17.8 Å². The van der Waals surface area contributed by atoms with E-state index < -0.39 is 13.5 Å². The first-order valence-electron chi connectivity index (χ1n) is 5.72. The van der Waals surface area contributed by atoms with Gasteiger partial charge in [0.05, 0.1) is 6.10 Å². The molecule has 1 rings (SSSR count). The molecule has 0 bridgehead atoms. The fourth-order valence-corrected chi connectivity index (χ4v) is 2.17. The van der Waals surface area contributed by atoms with E-state index in [0.29, 0.717) is 5.75 Å². The highest BCUT2D eigenvalue weighted by Gasteiger charge is 2.22. The number of benzene rings is 1. The predicted molar refractivity (Wildman–Crippen MR) is 72.7 cm³/mol. The molecule has 0 aliphatic rings. The van der Waals surface area contributed by atoms with Crippen LogP contribution in [-0.2, 0) is 14.1 Å². The van der Waals surface area contributed by atoms with Gasteiger partial charge in [0.15, 0.2) is 0 Å². The number of ether oxygens (including phenoxy) is 1. The van der Waals surface area contributed by atoms with Crippen LogP contribution in [0, 0.1) is 12.1 Å². The molecule has 0 saturated heterocycles. The van der Waals surface area contributed by atoms with E-state index in [1.165, 1.54) is 0 Å². The molecule has 0 unspecified atom stereocenters. The lowest BCUT2D eigenvalue weighted by atomic mass is 10.3. The molecule has 0 amide bonds. The molecular formula is C13H16NO4P. The molecule has 0 saturated carbocycles. The monoisotopic (exact) mass is 281 g/mol. The summed E-state index contributed by atoms with van der Waals surface area (Å²) in [6.45, 7) is 3.17. The molecule has 0 aliphatic carbocycles. The Hall–Kier alpha value is -1.76. The predicted octanol–water partition coefficient (Wildman–Crippen LogP) is 2.39. The molecule has 19 heavy (non-hydrogen) atoms. The molecule has 0 spiro atoms. The van der Waals surface area contributed by atoms with Gasteiger partial charge in [-0.25, -0.2) is 9.65 Å². The van der Waals surface area contributed by atoms with Gasteiger partial charge in [0.25, 0.3) is 0 Å². The Morgan fingerprint density at radius 1 is 1.42 bits per heavy atom. The molecule has 0 aliphatic heterocycles. The van der Waals surface area contributed by atoms with E-state index in [0.717, 1.165) is 0 Å². The molecule has 0 fully saturated rings. The molecule has 0 heterocycles. The van der Waals surface area contributed by atoms with Crippen molar-refractivity contribution in [1.82, 2.24) is 5.09 Å². The van der Waals surface area contributed by atoms with Gasteiger partial charge in [-0.2, -0.15) is 0 Å². The number of hydrogen-bond acceptors (Lipinski definition) is 4. The number of hydrogen-bond donors (Lipinski definition) is 1. The van der Waals surface area contributed by atoms with E-state index in [-0.39, 0.29) is 12.6 Å². The maximum absolute atomic E-state index is 12.2. The number of carbonyl (C=O) groups is 1. The van der Waals surface area contributed by atoms with Gasteiger partial charge in [0.2, 0.25) is 0 Å². The van der Waals surface area contributed by atoms with Crippen LogP contribution in [0.1, 0.15) is 13.8 Å². The van der Waals surface area contributed by atoms with Crippen LogP contribution in [0.25, 0.3) is 0 Å². The van der Waals surface area contributed by atoms with Gasteiger partial charge in [0.1, 0.15) is 12.3 Å². The maximum atomic E-state index is 12.2. The SMILES string of the molecule is C#C[P@@](=O)(NCC(=O)OC(C)C)Oc1ccccc1. The third kappa shape index (κ3) is 5.60. The number of para-hydroxylation sites is 1. The van der Waals surface area contributed by atoms with Crippen molar-refractivity contribution >= 4 is 13.5 Å². The van der Waals surface area contributed by atoms with Crippen molar-refractivity contribution in [2.75, 3.05) is 6.54 Å². The lowest BCUT2D eigenvalue weighted by Crippen LogP contribution is -2.25. The van der Waals surface area contributed by atoms with Crippen molar-refractivity contribution in [3.63, 3.8) is 0 Å². The van der Waals surface area contributed by atoms with Gasteiger partial charge in [-0.05, 0) is 26.0 Å². The van der Waals surface area contributed by atoms with Gasteiger partial charge in [-0.3, -0.25) is 4.79 Å². The highest BCUT2D eigenvalue weighted by Crippen LogP contribution is 2.41. The fourth-order valence-electron chi connectivity index (χ4n) is 1.21.